The predicted octanol–water partition coefficient (Wildman–Crippen LogP) is 3.37. The maximum atomic E-state index is 5.55. The second kappa shape index (κ2) is 6.52. The van der Waals surface area contributed by atoms with Crippen LogP contribution in [0.15, 0.2) is 29.9 Å². The highest BCUT2D eigenvalue weighted by atomic mass is 32.1. The first kappa shape index (κ1) is 13.8. The first-order valence-electron chi connectivity index (χ1n) is 6.41. The van der Waals surface area contributed by atoms with Crippen molar-refractivity contribution >= 4 is 17.2 Å². The number of hydrogen-bond acceptors (Lipinski definition) is 5. The van der Waals surface area contributed by atoms with Crippen LogP contribution in [0.1, 0.15) is 25.6 Å². The molecule has 102 valence electrons. The molecule has 5 heteroatoms. The lowest BCUT2D eigenvalue weighted by Crippen LogP contribution is -2.18. The molecule has 0 aromatic carbocycles. The van der Waals surface area contributed by atoms with E-state index in [2.05, 4.69) is 39.7 Å². The van der Waals surface area contributed by atoms with E-state index < -0.39 is 0 Å². The molecular weight excluding hydrogens is 258 g/mol. The maximum absolute atomic E-state index is 5.55. The van der Waals surface area contributed by atoms with Crippen molar-refractivity contribution in [3.05, 3.63) is 34.8 Å². The number of nitrogens with one attached hydrogen (secondary N) is 1. The monoisotopic (exact) mass is 277 g/mol. The van der Waals surface area contributed by atoms with Crippen LogP contribution in [0.25, 0.3) is 0 Å². The zero-order chi connectivity index (χ0) is 13.7. The minimum atomic E-state index is 0.117. The highest BCUT2D eigenvalue weighted by Gasteiger charge is 2.07. The van der Waals surface area contributed by atoms with Crippen molar-refractivity contribution in [1.29, 1.82) is 0 Å². The fourth-order valence-corrected chi connectivity index (χ4v) is 2.59. The Kier molecular flexibility index (Phi) is 4.74. The highest BCUT2D eigenvalue weighted by Crippen LogP contribution is 2.16. The lowest BCUT2D eigenvalue weighted by molar-refractivity contribution is 0.232. The summed E-state index contributed by atoms with van der Waals surface area (Å²) in [6, 6.07) is 6.38. The van der Waals surface area contributed by atoms with E-state index in [-0.39, 0.29) is 6.10 Å². The summed E-state index contributed by atoms with van der Waals surface area (Å²) >= 11 is 1.78. The van der Waals surface area contributed by atoms with Gasteiger partial charge < -0.3 is 10.1 Å². The fourth-order valence-electron chi connectivity index (χ4n) is 1.76. The predicted molar refractivity (Wildman–Crippen MR) is 78.9 cm³/mol. The van der Waals surface area contributed by atoms with E-state index in [0.29, 0.717) is 11.9 Å². The van der Waals surface area contributed by atoms with Gasteiger partial charge in [0.05, 0.1) is 6.10 Å². The molecule has 4 nitrogen and oxygen atoms in total. The largest absolute Gasteiger partial charge is 0.475 e. The van der Waals surface area contributed by atoms with Gasteiger partial charge in [-0.2, -0.15) is 0 Å². The van der Waals surface area contributed by atoms with Gasteiger partial charge in [-0.25, -0.2) is 9.97 Å². The van der Waals surface area contributed by atoms with Crippen molar-refractivity contribution in [2.45, 2.75) is 39.3 Å². The molecule has 19 heavy (non-hydrogen) atoms. The van der Waals surface area contributed by atoms with Gasteiger partial charge in [0.2, 0.25) is 5.88 Å². The summed E-state index contributed by atoms with van der Waals surface area (Å²) in [7, 11) is 0. The Labute approximate surface area is 117 Å². The molecule has 0 aliphatic rings. The second-order valence-electron chi connectivity index (χ2n) is 4.74. The molecule has 1 atom stereocenters. The molecule has 0 bridgehead atoms. The molecule has 1 unspecified atom stereocenters. The average Bonchev–Trinajstić information content (AvgIpc) is 2.81. The lowest BCUT2D eigenvalue weighted by Gasteiger charge is -2.14. The van der Waals surface area contributed by atoms with E-state index in [0.717, 1.165) is 12.2 Å². The van der Waals surface area contributed by atoms with Crippen molar-refractivity contribution in [3.63, 3.8) is 0 Å². The number of thiophene rings is 1. The SMILES string of the molecule is CC(Cc1cccs1)Nc1cc(OC(C)C)ncn1. The van der Waals surface area contributed by atoms with Crippen molar-refractivity contribution in [3.8, 4) is 5.88 Å². The van der Waals surface area contributed by atoms with E-state index >= 15 is 0 Å². The van der Waals surface area contributed by atoms with E-state index in [9.17, 15) is 0 Å². The van der Waals surface area contributed by atoms with Crippen LogP contribution in [0.5, 0.6) is 5.88 Å². The summed E-state index contributed by atoms with van der Waals surface area (Å²) in [5, 5.41) is 5.47. The van der Waals surface area contributed by atoms with Crippen LogP contribution < -0.4 is 10.1 Å². The molecule has 0 saturated carbocycles. The minimum Gasteiger partial charge on any atom is -0.475 e. The van der Waals surface area contributed by atoms with Gasteiger partial charge in [-0.3, -0.25) is 0 Å². The topological polar surface area (TPSA) is 47.0 Å². The second-order valence-corrected chi connectivity index (χ2v) is 5.77. The summed E-state index contributed by atoms with van der Waals surface area (Å²) in [4.78, 5) is 9.68. The highest BCUT2D eigenvalue weighted by molar-refractivity contribution is 7.09. The summed E-state index contributed by atoms with van der Waals surface area (Å²) in [6.07, 6.45) is 2.63. The zero-order valence-electron chi connectivity index (χ0n) is 11.5. The molecule has 2 rings (SSSR count). The van der Waals surface area contributed by atoms with Gasteiger partial charge >= 0.3 is 0 Å². The van der Waals surface area contributed by atoms with E-state index in [1.165, 1.54) is 11.2 Å². The number of nitrogens with zero attached hydrogens (tertiary/aromatic N) is 2. The van der Waals surface area contributed by atoms with E-state index in [1.807, 2.05) is 19.9 Å². The molecule has 0 fully saturated rings. The summed E-state index contributed by atoms with van der Waals surface area (Å²) < 4.78 is 5.55. The van der Waals surface area contributed by atoms with Crippen molar-refractivity contribution in [2.75, 3.05) is 5.32 Å². The first-order chi connectivity index (χ1) is 9.13. The normalized spacial score (nSPS) is 12.4. The molecule has 0 radical (unpaired) electrons. The smallest absolute Gasteiger partial charge is 0.218 e. The molecule has 2 heterocycles. The molecule has 2 aromatic rings. The standard InChI is InChI=1S/C14H19N3OS/c1-10(2)18-14-8-13(15-9-16-14)17-11(3)7-12-5-4-6-19-12/h4-6,8-11H,7H2,1-3H3,(H,15,16,17). The first-order valence-corrected chi connectivity index (χ1v) is 7.29. The molecule has 0 spiro atoms. The quantitative estimate of drug-likeness (QED) is 0.879. The molecule has 2 aromatic heterocycles. The number of anilines is 1. The minimum absolute atomic E-state index is 0.117. The van der Waals surface area contributed by atoms with Crippen LogP contribution in [-0.2, 0) is 6.42 Å². The third-order valence-corrected chi connectivity index (χ3v) is 3.38. The van der Waals surface area contributed by atoms with Gasteiger partial charge in [-0.15, -0.1) is 11.3 Å². The van der Waals surface area contributed by atoms with Crippen LogP contribution in [0, 0.1) is 0 Å². The van der Waals surface area contributed by atoms with Crippen LogP contribution in [0.3, 0.4) is 0 Å². The van der Waals surface area contributed by atoms with Crippen molar-refractivity contribution in [1.82, 2.24) is 9.97 Å². The maximum Gasteiger partial charge on any atom is 0.218 e. The van der Waals surface area contributed by atoms with E-state index in [1.54, 1.807) is 11.3 Å². The molecule has 0 aliphatic carbocycles. The van der Waals surface area contributed by atoms with Gasteiger partial charge in [-0.1, -0.05) is 6.07 Å². The third-order valence-electron chi connectivity index (χ3n) is 2.48. The Balaban J connectivity index is 1.94. The Hall–Kier alpha value is -1.62. The number of ether oxygens (including phenoxy) is 1. The van der Waals surface area contributed by atoms with Gasteiger partial charge in [0.25, 0.3) is 0 Å². The zero-order valence-corrected chi connectivity index (χ0v) is 12.3. The summed E-state index contributed by atoms with van der Waals surface area (Å²) in [5.41, 5.74) is 0. The molecular formula is C14H19N3OS. The number of rotatable bonds is 6. The fraction of sp³-hybridized carbons (Fsp3) is 0.429. The van der Waals surface area contributed by atoms with Crippen LogP contribution in [-0.4, -0.2) is 22.1 Å². The Morgan fingerprint density at radius 2 is 2.16 bits per heavy atom. The Bertz CT molecular complexity index is 499. The van der Waals surface area contributed by atoms with E-state index in [4.69, 9.17) is 4.74 Å². The van der Waals surface area contributed by atoms with Crippen molar-refractivity contribution in [2.24, 2.45) is 0 Å². The van der Waals surface area contributed by atoms with Gasteiger partial charge in [0, 0.05) is 23.4 Å². The summed E-state index contributed by atoms with van der Waals surface area (Å²) in [5.74, 6) is 1.41. The van der Waals surface area contributed by atoms with Gasteiger partial charge in [-0.05, 0) is 32.2 Å². The van der Waals surface area contributed by atoms with Crippen LogP contribution in [0.4, 0.5) is 5.82 Å². The Morgan fingerprint density at radius 1 is 1.32 bits per heavy atom. The molecule has 0 saturated heterocycles. The molecule has 1 N–H and O–H groups in total. The van der Waals surface area contributed by atoms with Gasteiger partial charge in [0.15, 0.2) is 0 Å². The molecule has 0 aliphatic heterocycles. The Morgan fingerprint density at radius 3 is 2.84 bits per heavy atom. The van der Waals surface area contributed by atoms with Crippen LogP contribution in [0.2, 0.25) is 0 Å². The lowest BCUT2D eigenvalue weighted by atomic mass is 10.2. The van der Waals surface area contributed by atoms with Gasteiger partial charge in [0.1, 0.15) is 12.1 Å². The average molecular weight is 277 g/mol. The third kappa shape index (κ3) is 4.52. The summed E-state index contributed by atoms with van der Waals surface area (Å²) in [6.45, 7) is 6.11. The number of aromatic nitrogens is 2. The number of hydrogen-bond donors (Lipinski definition) is 1. The molecule has 0 amide bonds. The van der Waals surface area contributed by atoms with Crippen LogP contribution >= 0.6 is 11.3 Å². The van der Waals surface area contributed by atoms with Crippen molar-refractivity contribution < 1.29 is 4.74 Å².